The number of rotatable bonds is 9. The van der Waals surface area contributed by atoms with Crippen LogP contribution in [0, 0.1) is 0 Å². The van der Waals surface area contributed by atoms with Crippen LogP contribution in [-0.2, 0) is 14.8 Å². The van der Waals surface area contributed by atoms with Crippen molar-refractivity contribution in [3.05, 3.63) is 48.0 Å². The Balaban J connectivity index is 1.77. The van der Waals surface area contributed by atoms with Crippen molar-refractivity contribution < 1.29 is 27.4 Å². The molecular formula is C25H32N2O6S. The maximum atomic E-state index is 13.0. The van der Waals surface area contributed by atoms with Gasteiger partial charge in [0.15, 0.2) is 11.5 Å². The van der Waals surface area contributed by atoms with E-state index in [0.717, 1.165) is 24.8 Å². The van der Waals surface area contributed by atoms with Gasteiger partial charge in [-0.3, -0.25) is 4.79 Å². The molecule has 8 nitrogen and oxygen atoms in total. The van der Waals surface area contributed by atoms with Crippen LogP contribution in [0.25, 0.3) is 6.08 Å². The number of piperidine rings is 1. The standard InChI is InChI=1S/C25H32N2O6S/c1-18(2)33-23-11-8-19(16-24(23)32-4)9-13-25(28)26-21-17-20(10-12-22(21)31-3)34(29,30)27-14-6-5-7-15-27/h8-13,16-18H,5-7,14-15H2,1-4H3,(H,26,28)/b13-9+. The Bertz CT molecular complexity index is 1140. The highest BCUT2D eigenvalue weighted by atomic mass is 32.2. The lowest BCUT2D eigenvalue weighted by molar-refractivity contribution is -0.111. The zero-order valence-corrected chi connectivity index (χ0v) is 20.9. The van der Waals surface area contributed by atoms with Gasteiger partial charge in [0.05, 0.1) is 30.9 Å². The van der Waals surface area contributed by atoms with Gasteiger partial charge in [0.2, 0.25) is 15.9 Å². The molecule has 1 aliphatic rings. The highest BCUT2D eigenvalue weighted by Crippen LogP contribution is 2.31. The van der Waals surface area contributed by atoms with Crippen molar-refractivity contribution in [2.45, 2.75) is 44.1 Å². The Kier molecular flexibility index (Phi) is 8.57. The molecule has 0 radical (unpaired) electrons. The van der Waals surface area contributed by atoms with Crippen LogP contribution >= 0.6 is 0 Å². The van der Waals surface area contributed by atoms with Gasteiger partial charge < -0.3 is 19.5 Å². The third kappa shape index (κ3) is 6.30. The Morgan fingerprint density at radius 2 is 1.65 bits per heavy atom. The molecule has 9 heteroatoms. The van der Waals surface area contributed by atoms with E-state index in [1.807, 2.05) is 19.9 Å². The van der Waals surface area contributed by atoms with E-state index in [9.17, 15) is 13.2 Å². The lowest BCUT2D eigenvalue weighted by Crippen LogP contribution is -2.35. The first-order valence-corrected chi connectivity index (χ1v) is 12.7. The molecule has 0 spiro atoms. The number of carbonyl (C=O) groups is 1. The van der Waals surface area contributed by atoms with Crippen LogP contribution in [0.2, 0.25) is 0 Å². The van der Waals surface area contributed by atoms with Gasteiger partial charge >= 0.3 is 0 Å². The molecule has 0 atom stereocenters. The summed E-state index contributed by atoms with van der Waals surface area (Å²) in [6.45, 7) is 4.86. The lowest BCUT2D eigenvalue weighted by atomic mass is 10.2. The number of hydrogen-bond donors (Lipinski definition) is 1. The average molecular weight is 489 g/mol. The van der Waals surface area contributed by atoms with E-state index in [4.69, 9.17) is 14.2 Å². The molecule has 0 bridgehead atoms. The Morgan fingerprint density at radius 1 is 0.971 bits per heavy atom. The Labute approximate surface area is 201 Å². The van der Waals surface area contributed by atoms with E-state index in [-0.39, 0.29) is 16.7 Å². The predicted molar refractivity (Wildman–Crippen MR) is 132 cm³/mol. The van der Waals surface area contributed by atoms with Crippen molar-refractivity contribution in [3.63, 3.8) is 0 Å². The van der Waals surface area contributed by atoms with Gasteiger partial charge in [-0.25, -0.2) is 8.42 Å². The Morgan fingerprint density at radius 3 is 2.29 bits per heavy atom. The number of ether oxygens (including phenoxy) is 3. The second-order valence-corrected chi connectivity index (χ2v) is 10.2. The minimum atomic E-state index is -3.64. The maximum absolute atomic E-state index is 13.0. The highest BCUT2D eigenvalue weighted by Gasteiger charge is 2.26. The number of sulfonamides is 1. The molecule has 184 valence electrons. The molecule has 3 rings (SSSR count). The molecule has 1 fully saturated rings. The zero-order chi connectivity index (χ0) is 24.7. The molecule has 1 saturated heterocycles. The summed E-state index contributed by atoms with van der Waals surface area (Å²) >= 11 is 0. The molecule has 1 amide bonds. The van der Waals surface area contributed by atoms with Gasteiger partial charge in [0.1, 0.15) is 5.75 Å². The fourth-order valence-corrected chi connectivity index (χ4v) is 5.23. The van der Waals surface area contributed by atoms with Gasteiger partial charge in [-0.05, 0) is 68.7 Å². The van der Waals surface area contributed by atoms with E-state index in [1.54, 1.807) is 31.4 Å². The summed E-state index contributed by atoms with van der Waals surface area (Å²) in [6, 6.07) is 9.87. The van der Waals surface area contributed by atoms with E-state index in [1.165, 1.54) is 29.6 Å². The molecule has 1 N–H and O–H groups in total. The first-order valence-electron chi connectivity index (χ1n) is 11.3. The van der Waals surface area contributed by atoms with Crippen LogP contribution in [0.1, 0.15) is 38.7 Å². The minimum Gasteiger partial charge on any atom is -0.495 e. The molecule has 1 heterocycles. The van der Waals surface area contributed by atoms with Crippen LogP contribution in [-0.4, -0.2) is 52.0 Å². The summed E-state index contributed by atoms with van der Waals surface area (Å²) in [5.74, 6) is 1.13. The summed E-state index contributed by atoms with van der Waals surface area (Å²) < 4.78 is 43.9. The van der Waals surface area contributed by atoms with Crippen molar-refractivity contribution in [2.24, 2.45) is 0 Å². The summed E-state index contributed by atoms with van der Waals surface area (Å²) in [5.41, 5.74) is 1.03. The molecule has 2 aromatic carbocycles. The van der Waals surface area contributed by atoms with Crippen LogP contribution in [0.3, 0.4) is 0 Å². The first-order chi connectivity index (χ1) is 16.2. The highest BCUT2D eigenvalue weighted by molar-refractivity contribution is 7.89. The predicted octanol–water partition coefficient (Wildman–Crippen LogP) is 4.32. The quantitative estimate of drug-likeness (QED) is 0.529. The minimum absolute atomic E-state index is 0.00513. The SMILES string of the molecule is COc1ccc(S(=O)(=O)N2CCCCC2)cc1NC(=O)/C=C/c1ccc(OC(C)C)c(OC)c1. The second-order valence-electron chi connectivity index (χ2n) is 8.23. The van der Waals surface area contributed by atoms with Crippen LogP contribution < -0.4 is 19.5 Å². The number of nitrogens with one attached hydrogen (secondary N) is 1. The summed E-state index contributed by atoms with van der Waals surface area (Å²) in [5, 5.41) is 2.72. The molecule has 1 aliphatic heterocycles. The topological polar surface area (TPSA) is 94.2 Å². The van der Waals surface area contributed by atoms with Crippen LogP contribution in [0.5, 0.6) is 17.2 Å². The summed E-state index contributed by atoms with van der Waals surface area (Å²) in [7, 11) is -0.618. The average Bonchev–Trinajstić information content (AvgIpc) is 2.83. The number of methoxy groups -OCH3 is 2. The Hall–Kier alpha value is -3.04. The molecule has 34 heavy (non-hydrogen) atoms. The van der Waals surface area contributed by atoms with Gasteiger partial charge in [-0.15, -0.1) is 0 Å². The van der Waals surface area contributed by atoms with E-state index in [0.29, 0.717) is 30.3 Å². The van der Waals surface area contributed by atoms with Crippen molar-refractivity contribution >= 4 is 27.7 Å². The van der Waals surface area contributed by atoms with Gasteiger partial charge in [0.25, 0.3) is 0 Å². The normalized spacial score (nSPS) is 14.9. The third-order valence-corrected chi connectivity index (χ3v) is 7.25. The molecule has 0 aliphatic carbocycles. The smallest absolute Gasteiger partial charge is 0.248 e. The molecule has 2 aromatic rings. The fraction of sp³-hybridized carbons (Fsp3) is 0.400. The van der Waals surface area contributed by atoms with Crippen molar-refractivity contribution in [3.8, 4) is 17.2 Å². The van der Waals surface area contributed by atoms with E-state index in [2.05, 4.69) is 5.32 Å². The second kappa shape index (κ2) is 11.4. The third-order valence-electron chi connectivity index (χ3n) is 5.36. The van der Waals surface area contributed by atoms with Crippen LogP contribution in [0.15, 0.2) is 47.4 Å². The number of carbonyl (C=O) groups excluding carboxylic acids is 1. The number of amides is 1. The molecule has 0 saturated carbocycles. The summed E-state index contributed by atoms with van der Waals surface area (Å²) in [4.78, 5) is 12.7. The zero-order valence-electron chi connectivity index (χ0n) is 20.0. The van der Waals surface area contributed by atoms with Gasteiger partial charge in [0, 0.05) is 19.2 Å². The number of benzene rings is 2. The number of nitrogens with zero attached hydrogens (tertiary/aromatic N) is 1. The number of anilines is 1. The van der Waals surface area contributed by atoms with E-state index < -0.39 is 15.9 Å². The first kappa shape index (κ1) is 25.6. The van der Waals surface area contributed by atoms with Crippen molar-refractivity contribution in [2.75, 3.05) is 32.6 Å². The largest absolute Gasteiger partial charge is 0.495 e. The number of hydrogen-bond acceptors (Lipinski definition) is 6. The molecule has 0 aromatic heterocycles. The molecule has 0 unspecified atom stereocenters. The monoisotopic (exact) mass is 488 g/mol. The molecular weight excluding hydrogens is 456 g/mol. The fourth-order valence-electron chi connectivity index (χ4n) is 3.69. The van der Waals surface area contributed by atoms with Gasteiger partial charge in [-0.2, -0.15) is 4.31 Å². The van der Waals surface area contributed by atoms with Gasteiger partial charge in [-0.1, -0.05) is 12.5 Å². The van der Waals surface area contributed by atoms with Crippen molar-refractivity contribution in [1.29, 1.82) is 0 Å². The van der Waals surface area contributed by atoms with Crippen molar-refractivity contribution in [1.82, 2.24) is 4.31 Å². The van der Waals surface area contributed by atoms with Crippen LogP contribution in [0.4, 0.5) is 5.69 Å². The van der Waals surface area contributed by atoms with E-state index >= 15 is 0 Å². The summed E-state index contributed by atoms with van der Waals surface area (Å²) in [6.07, 6.45) is 5.73. The maximum Gasteiger partial charge on any atom is 0.248 e. The lowest BCUT2D eigenvalue weighted by Gasteiger charge is -2.26.